The largest absolute Gasteiger partial charge is 0.356 e. The van der Waals surface area contributed by atoms with Crippen LogP contribution in [-0.4, -0.2) is 31.1 Å². The molecule has 0 aromatic rings. The fourth-order valence-corrected chi connectivity index (χ4v) is 0.298. The second-order valence-corrected chi connectivity index (χ2v) is 1.33. The number of hydrogen-bond donors (Lipinski definition) is 3. The van der Waals surface area contributed by atoms with Crippen LogP contribution in [0.1, 0.15) is 0 Å². The maximum Gasteiger partial charge on any atom is 0.210 e. The molecule has 0 bridgehead atoms. The Balaban J connectivity index is 2.82. The van der Waals surface area contributed by atoms with E-state index in [0.717, 1.165) is 0 Å². The molecule has 0 radical (unpaired) electrons. The maximum atomic E-state index is 9.59. The Morgan fingerprint density at radius 2 is 2.56 bits per heavy atom. The number of nitrogens with two attached hydrogens (primary N) is 1. The number of amides is 1. The highest BCUT2D eigenvalue weighted by Crippen LogP contribution is 1.72. The Hall–Kier alpha value is -0.650. The first kappa shape index (κ1) is 8.35. The molecule has 0 aliphatic rings. The molecule has 0 rings (SSSR count). The molecular weight excluding hydrogens is 124 g/mol. The van der Waals surface area contributed by atoms with Crippen LogP contribution in [0.4, 0.5) is 0 Å². The molecule has 0 fully saturated rings. The molecule has 0 aromatic carbocycles. The smallest absolute Gasteiger partial charge is 0.210 e. The van der Waals surface area contributed by atoms with Crippen LogP contribution in [-0.2, 0) is 9.53 Å². The molecule has 1 unspecified atom stereocenters. The molecule has 54 valence electrons. The van der Waals surface area contributed by atoms with Gasteiger partial charge in [-0.15, -0.1) is 0 Å². The first-order chi connectivity index (χ1) is 4.27. The molecule has 0 aliphatic carbocycles. The van der Waals surface area contributed by atoms with Crippen molar-refractivity contribution in [3.05, 3.63) is 0 Å². The third-order valence-electron chi connectivity index (χ3n) is 0.618. The Labute approximate surface area is 52.8 Å². The zero-order chi connectivity index (χ0) is 7.11. The van der Waals surface area contributed by atoms with Crippen molar-refractivity contribution in [1.82, 2.24) is 5.32 Å². The Morgan fingerprint density at radius 3 is 3.00 bits per heavy atom. The Bertz CT molecular complexity index is 76.2. The number of nitrogens with one attached hydrogen (secondary N) is 1. The van der Waals surface area contributed by atoms with Gasteiger partial charge in [0.25, 0.3) is 0 Å². The summed E-state index contributed by atoms with van der Waals surface area (Å²) in [6, 6.07) is 0. The van der Waals surface area contributed by atoms with Crippen molar-refractivity contribution in [2.45, 2.75) is 6.41 Å². The van der Waals surface area contributed by atoms with Gasteiger partial charge >= 0.3 is 0 Å². The zero-order valence-corrected chi connectivity index (χ0v) is 4.91. The molecule has 0 aliphatic heterocycles. The van der Waals surface area contributed by atoms with Crippen LogP contribution in [0.15, 0.2) is 0 Å². The monoisotopic (exact) mass is 134 g/mol. The SMILES string of the molecule is NC(O)OCCNC=O. The van der Waals surface area contributed by atoms with Crippen molar-refractivity contribution in [3.63, 3.8) is 0 Å². The van der Waals surface area contributed by atoms with Crippen molar-refractivity contribution < 1.29 is 14.6 Å². The minimum Gasteiger partial charge on any atom is -0.356 e. The predicted octanol–water partition coefficient (Wildman–Crippen LogP) is -2.02. The predicted molar refractivity (Wildman–Crippen MR) is 30.2 cm³/mol. The molecular formula is C4H10N2O3. The number of rotatable bonds is 5. The van der Waals surface area contributed by atoms with Crippen molar-refractivity contribution in [3.8, 4) is 0 Å². The van der Waals surface area contributed by atoms with E-state index in [4.69, 9.17) is 10.8 Å². The van der Waals surface area contributed by atoms with E-state index in [2.05, 4.69) is 10.1 Å². The van der Waals surface area contributed by atoms with Crippen LogP contribution in [0, 0.1) is 0 Å². The fraction of sp³-hybridized carbons (Fsp3) is 0.750. The van der Waals surface area contributed by atoms with Gasteiger partial charge in [-0.3, -0.25) is 10.5 Å². The summed E-state index contributed by atoms with van der Waals surface area (Å²) < 4.78 is 4.46. The van der Waals surface area contributed by atoms with E-state index in [9.17, 15) is 4.79 Å². The average Bonchev–Trinajstić information content (AvgIpc) is 1.80. The van der Waals surface area contributed by atoms with Gasteiger partial charge in [-0.1, -0.05) is 0 Å². The fourth-order valence-electron chi connectivity index (χ4n) is 0.298. The van der Waals surface area contributed by atoms with Crippen molar-refractivity contribution in [2.75, 3.05) is 13.2 Å². The number of carbonyl (C=O) groups excluding carboxylic acids is 1. The van der Waals surface area contributed by atoms with E-state index < -0.39 is 6.41 Å². The highest BCUT2D eigenvalue weighted by molar-refractivity contribution is 5.45. The highest BCUT2D eigenvalue weighted by Gasteiger charge is 1.91. The summed E-state index contributed by atoms with van der Waals surface area (Å²) in [5, 5.41) is 10.6. The van der Waals surface area contributed by atoms with Crippen LogP contribution in [0.25, 0.3) is 0 Å². The van der Waals surface area contributed by atoms with E-state index in [1.54, 1.807) is 0 Å². The van der Waals surface area contributed by atoms with Crippen LogP contribution >= 0.6 is 0 Å². The number of aliphatic hydroxyl groups excluding tert-OH is 1. The summed E-state index contributed by atoms with van der Waals surface area (Å²) in [5.74, 6) is 0. The second-order valence-electron chi connectivity index (χ2n) is 1.33. The van der Waals surface area contributed by atoms with E-state index >= 15 is 0 Å². The van der Waals surface area contributed by atoms with Gasteiger partial charge in [0.05, 0.1) is 6.61 Å². The van der Waals surface area contributed by atoms with Gasteiger partial charge in [0, 0.05) is 6.54 Å². The number of aliphatic hydroxyl groups is 1. The summed E-state index contributed by atoms with van der Waals surface area (Å²) in [5.41, 5.74) is 4.79. The lowest BCUT2D eigenvalue weighted by atomic mass is 10.7. The number of hydrogen-bond acceptors (Lipinski definition) is 4. The summed E-state index contributed by atoms with van der Waals surface area (Å²) in [6.45, 7) is 0.578. The zero-order valence-electron chi connectivity index (χ0n) is 4.91. The number of ether oxygens (including phenoxy) is 1. The lowest BCUT2D eigenvalue weighted by Gasteiger charge is -2.04. The molecule has 0 aromatic heterocycles. The average molecular weight is 134 g/mol. The molecule has 0 heterocycles. The highest BCUT2D eigenvalue weighted by atomic mass is 16.6. The molecule has 0 saturated carbocycles. The summed E-state index contributed by atoms with van der Waals surface area (Å²) in [6.07, 6.45) is -0.704. The Kier molecular flexibility index (Phi) is 5.09. The maximum absolute atomic E-state index is 9.59. The third-order valence-corrected chi connectivity index (χ3v) is 0.618. The molecule has 5 nitrogen and oxygen atoms in total. The van der Waals surface area contributed by atoms with Crippen LogP contribution in [0.5, 0.6) is 0 Å². The van der Waals surface area contributed by atoms with E-state index in [1.807, 2.05) is 0 Å². The summed E-state index contributed by atoms with van der Waals surface area (Å²) in [7, 11) is 0. The van der Waals surface area contributed by atoms with Crippen molar-refractivity contribution >= 4 is 6.41 Å². The van der Waals surface area contributed by atoms with Gasteiger partial charge < -0.3 is 15.2 Å². The van der Waals surface area contributed by atoms with Gasteiger partial charge in [0.1, 0.15) is 0 Å². The van der Waals surface area contributed by atoms with Gasteiger partial charge in [-0.2, -0.15) is 0 Å². The summed E-state index contributed by atoms with van der Waals surface area (Å²) >= 11 is 0. The lowest BCUT2D eigenvalue weighted by molar-refractivity contribution is -0.112. The molecule has 1 atom stereocenters. The third kappa shape index (κ3) is 7.35. The first-order valence-electron chi connectivity index (χ1n) is 2.49. The molecule has 1 amide bonds. The Morgan fingerprint density at radius 1 is 1.89 bits per heavy atom. The lowest BCUT2D eigenvalue weighted by Crippen LogP contribution is -2.27. The van der Waals surface area contributed by atoms with Gasteiger partial charge in [0.15, 0.2) is 0 Å². The minimum atomic E-state index is -1.25. The molecule has 5 heteroatoms. The van der Waals surface area contributed by atoms with Gasteiger partial charge in [-0.05, 0) is 0 Å². The van der Waals surface area contributed by atoms with E-state index in [1.165, 1.54) is 0 Å². The van der Waals surface area contributed by atoms with Crippen LogP contribution in [0.3, 0.4) is 0 Å². The first-order valence-corrected chi connectivity index (χ1v) is 2.49. The van der Waals surface area contributed by atoms with Crippen molar-refractivity contribution in [1.29, 1.82) is 0 Å². The normalized spacial score (nSPS) is 12.7. The van der Waals surface area contributed by atoms with Gasteiger partial charge in [-0.25, -0.2) is 0 Å². The van der Waals surface area contributed by atoms with E-state index in [-0.39, 0.29) is 6.61 Å². The van der Waals surface area contributed by atoms with Gasteiger partial charge in [0.2, 0.25) is 12.8 Å². The van der Waals surface area contributed by atoms with Crippen molar-refractivity contribution in [2.24, 2.45) is 5.73 Å². The molecule has 9 heavy (non-hydrogen) atoms. The quantitative estimate of drug-likeness (QED) is 0.230. The topological polar surface area (TPSA) is 84.6 Å². The second kappa shape index (κ2) is 5.49. The molecule has 0 saturated heterocycles. The van der Waals surface area contributed by atoms with Crippen LogP contribution < -0.4 is 11.1 Å². The van der Waals surface area contributed by atoms with E-state index in [0.29, 0.717) is 13.0 Å². The number of carbonyl (C=O) groups is 1. The molecule has 4 N–H and O–H groups in total. The van der Waals surface area contributed by atoms with Crippen LogP contribution in [0.2, 0.25) is 0 Å². The summed E-state index contributed by atoms with van der Waals surface area (Å²) in [4.78, 5) is 9.59. The minimum absolute atomic E-state index is 0.219. The molecule has 0 spiro atoms. The standard InChI is InChI=1S/C4H10N2O3/c5-4(8)9-2-1-6-3-7/h3-4,8H,1-2,5H2,(H,6,7).